The number of anilines is 1. The number of carbonyl (C=O) groups excluding carboxylic acids is 4. The highest BCUT2D eigenvalue weighted by molar-refractivity contribution is 5.91. The molecule has 1 unspecified atom stereocenters. The van der Waals surface area contributed by atoms with Crippen LogP contribution in [0.2, 0.25) is 0 Å². The number of rotatable bonds is 12. The summed E-state index contributed by atoms with van der Waals surface area (Å²) in [5.41, 5.74) is 2.52. The lowest BCUT2D eigenvalue weighted by Gasteiger charge is -2.23. The first-order valence-electron chi connectivity index (χ1n) is 10.2. The zero-order valence-corrected chi connectivity index (χ0v) is 19.1. The van der Waals surface area contributed by atoms with Gasteiger partial charge in [-0.05, 0) is 38.5 Å². The van der Waals surface area contributed by atoms with Crippen LogP contribution in [-0.4, -0.2) is 76.9 Å². The Bertz CT molecular complexity index is 825. The first kappa shape index (κ1) is 28.6. The first-order valence-corrected chi connectivity index (χ1v) is 10.2. The second-order valence-electron chi connectivity index (χ2n) is 8.07. The van der Waals surface area contributed by atoms with Crippen molar-refractivity contribution in [2.24, 2.45) is 0 Å². The van der Waals surface area contributed by atoms with Crippen LogP contribution < -0.4 is 26.7 Å². The summed E-state index contributed by atoms with van der Waals surface area (Å²) < 4.78 is 5.19. The lowest BCUT2D eigenvalue weighted by molar-refractivity contribution is -0.215. The van der Waals surface area contributed by atoms with Crippen LogP contribution in [0.5, 0.6) is 0 Å². The van der Waals surface area contributed by atoms with Crippen LogP contribution in [0.15, 0.2) is 24.3 Å². The monoisotopic (exact) mass is 485 g/mol. The van der Waals surface area contributed by atoms with Crippen LogP contribution >= 0.6 is 0 Å². The predicted octanol–water partition coefficient (Wildman–Crippen LogP) is -1.40. The van der Waals surface area contributed by atoms with Crippen molar-refractivity contribution < 1.29 is 44.4 Å². The van der Waals surface area contributed by atoms with Crippen molar-refractivity contribution in [1.29, 1.82) is 0 Å². The number of alkyl carbamates (subject to hydrolysis) is 1. The molecular formula is C20H31N5O9. The van der Waals surface area contributed by atoms with E-state index in [1.54, 1.807) is 45.0 Å². The van der Waals surface area contributed by atoms with E-state index in [-0.39, 0.29) is 6.42 Å². The molecular weight excluding hydrogens is 454 g/mol. The fourth-order valence-electron chi connectivity index (χ4n) is 2.46. The van der Waals surface area contributed by atoms with Crippen molar-refractivity contribution in [3.63, 3.8) is 0 Å². The van der Waals surface area contributed by atoms with E-state index in [2.05, 4.69) is 31.7 Å². The van der Waals surface area contributed by atoms with E-state index in [1.807, 2.05) is 0 Å². The molecule has 190 valence electrons. The normalized spacial score (nSPS) is 11.9. The molecule has 4 amide bonds. The first-order chi connectivity index (χ1) is 15.9. The van der Waals surface area contributed by atoms with E-state index < -0.39 is 61.4 Å². The summed E-state index contributed by atoms with van der Waals surface area (Å²) in [6, 6.07) is 5.31. The van der Waals surface area contributed by atoms with Gasteiger partial charge in [0.15, 0.2) is 6.29 Å². The molecule has 1 aromatic rings. The van der Waals surface area contributed by atoms with Crippen molar-refractivity contribution in [2.45, 2.75) is 45.1 Å². The van der Waals surface area contributed by atoms with Crippen LogP contribution in [-0.2, 0) is 30.5 Å². The van der Waals surface area contributed by atoms with E-state index in [9.17, 15) is 19.2 Å². The largest absolute Gasteiger partial charge is 0.444 e. The Hall–Kier alpha value is -3.46. The molecule has 34 heavy (non-hydrogen) atoms. The Labute approximate surface area is 195 Å². The predicted molar refractivity (Wildman–Crippen MR) is 118 cm³/mol. The van der Waals surface area contributed by atoms with Crippen LogP contribution in [0, 0.1) is 0 Å². The van der Waals surface area contributed by atoms with Crippen LogP contribution in [0.3, 0.4) is 0 Å². The lowest BCUT2D eigenvalue weighted by atomic mass is 10.0. The summed E-state index contributed by atoms with van der Waals surface area (Å²) in [6.45, 7) is 3.69. The number of hydrogen-bond acceptors (Lipinski definition) is 10. The second-order valence-corrected chi connectivity index (χ2v) is 8.07. The third kappa shape index (κ3) is 12.5. The molecule has 0 bridgehead atoms. The average molecular weight is 485 g/mol. The van der Waals surface area contributed by atoms with E-state index in [1.165, 1.54) is 0 Å². The van der Waals surface area contributed by atoms with Crippen molar-refractivity contribution >= 4 is 29.5 Å². The molecule has 0 saturated carbocycles. The minimum atomic E-state index is -1.72. The van der Waals surface area contributed by atoms with Crippen LogP contribution in [0.1, 0.15) is 26.3 Å². The van der Waals surface area contributed by atoms with Gasteiger partial charge in [-0.3, -0.25) is 14.4 Å². The van der Waals surface area contributed by atoms with E-state index in [0.29, 0.717) is 11.3 Å². The quantitative estimate of drug-likeness (QED) is 0.0986. The Morgan fingerprint density at radius 1 is 0.941 bits per heavy atom. The van der Waals surface area contributed by atoms with Crippen molar-refractivity contribution in [1.82, 2.24) is 21.3 Å². The van der Waals surface area contributed by atoms with Gasteiger partial charge in [-0.15, -0.1) is 4.99 Å². The molecule has 0 radical (unpaired) electrons. The molecule has 1 rings (SSSR count). The molecule has 1 atom stereocenters. The third-order valence-electron chi connectivity index (χ3n) is 3.92. The molecule has 0 spiro atoms. The third-order valence-corrected chi connectivity index (χ3v) is 3.92. The maximum Gasteiger partial charge on any atom is 0.408 e. The number of ether oxygens (including phenoxy) is 1. The summed E-state index contributed by atoms with van der Waals surface area (Å²) in [5, 5.41) is 35.1. The molecule has 14 nitrogen and oxygen atoms in total. The number of aliphatic hydroxyl groups is 2. The smallest absolute Gasteiger partial charge is 0.408 e. The molecule has 1 aromatic carbocycles. The summed E-state index contributed by atoms with van der Waals surface area (Å²) in [7, 11) is 0. The molecule has 0 aromatic heterocycles. The van der Waals surface area contributed by atoms with Gasteiger partial charge >= 0.3 is 6.09 Å². The minimum absolute atomic E-state index is 0.0544. The Kier molecular flexibility index (Phi) is 11.7. The SMILES string of the molecule is CC(C)(C)OC(=O)NC(Cc1ccc(NOO)cc1)C(=O)NCC(=O)NCC(=O)NCC(O)O. The lowest BCUT2D eigenvalue weighted by Crippen LogP contribution is -2.51. The Balaban J connectivity index is 2.70. The molecule has 0 fully saturated rings. The summed E-state index contributed by atoms with van der Waals surface area (Å²) >= 11 is 0. The number of amides is 4. The summed E-state index contributed by atoms with van der Waals surface area (Å²) in [6.07, 6.45) is -2.49. The van der Waals surface area contributed by atoms with Crippen molar-refractivity contribution in [2.75, 3.05) is 25.1 Å². The number of carbonyl (C=O) groups is 4. The number of aliphatic hydroxyl groups excluding tert-OH is 1. The topological polar surface area (TPSA) is 208 Å². The average Bonchev–Trinajstić information content (AvgIpc) is 2.74. The van der Waals surface area contributed by atoms with Gasteiger partial charge in [-0.25, -0.2) is 15.5 Å². The van der Waals surface area contributed by atoms with Gasteiger partial charge in [-0.2, -0.15) is 0 Å². The molecule has 0 aliphatic heterocycles. The fourth-order valence-corrected chi connectivity index (χ4v) is 2.46. The van der Waals surface area contributed by atoms with Crippen LogP contribution in [0.25, 0.3) is 0 Å². The maximum atomic E-state index is 12.7. The number of nitrogens with one attached hydrogen (secondary N) is 5. The van der Waals surface area contributed by atoms with Gasteiger partial charge in [0.1, 0.15) is 11.6 Å². The minimum Gasteiger partial charge on any atom is -0.444 e. The maximum absolute atomic E-state index is 12.7. The van der Waals surface area contributed by atoms with Gasteiger partial charge in [0.05, 0.1) is 25.3 Å². The zero-order valence-electron chi connectivity index (χ0n) is 19.1. The van der Waals surface area contributed by atoms with Gasteiger partial charge < -0.3 is 36.2 Å². The fraction of sp³-hybridized carbons (Fsp3) is 0.500. The van der Waals surface area contributed by atoms with Gasteiger partial charge in [0.2, 0.25) is 17.7 Å². The summed E-state index contributed by atoms with van der Waals surface area (Å²) in [5.74, 6) is -2.00. The Morgan fingerprint density at radius 3 is 2.09 bits per heavy atom. The molecule has 8 N–H and O–H groups in total. The highest BCUT2D eigenvalue weighted by Crippen LogP contribution is 2.12. The standard InChI is InChI=1S/C20H31N5O9/c1-20(2,3)33-19(31)24-14(8-12-4-6-13(7-5-12)25-34-32)18(30)23-10-16(27)21-9-15(26)22-11-17(28)29/h4-7,14,17,25,28-29,32H,8-11H2,1-3H3,(H,21,27)(H,22,26)(H,23,30)(H,24,31). The number of benzene rings is 1. The van der Waals surface area contributed by atoms with Gasteiger partial charge in [-0.1, -0.05) is 12.1 Å². The number of hydrogen-bond donors (Lipinski definition) is 8. The van der Waals surface area contributed by atoms with E-state index >= 15 is 0 Å². The molecule has 0 saturated heterocycles. The highest BCUT2D eigenvalue weighted by atomic mass is 17.2. The summed E-state index contributed by atoms with van der Waals surface area (Å²) in [4.78, 5) is 52.1. The van der Waals surface area contributed by atoms with Crippen molar-refractivity contribution in [3.8, 4) is 0 Å². The highest BCUT2D eigenvalue weighted by Gasteiger charge is 2.25. The second kappa shape index (κ2) is 13.9. The van der Waals surface area contributed by atoms with Crippen molar-refractivity contribution in [3.05, 3.63) is 29.8 Å². The molecule has 0 aliphatic carbocycles. The van der Waals surface area contributed by atoms with E-state index in [0.717, 1.165) is 0 Å². The molecule has 0 heterocycles. The molecule has 14 heteroatoms. The van der Waals surface area contributed by atoms with Crippen LogP contribution in [0.4, 0.5) is 10.5 Å². The molecule has 0 aliphatic rings. The van der Waals surface area contributed by atoms with Gasteiger partial charge in [0.25, 0.3) is 0 Å². The zero-order chi connectivity index (χ0) is 25.7. The Morgan fingerprint density at radius 2 is 1.53 bits per heavy atom. The van der Waals surface area contributed by atoms with E-state index in [4.69, 9.17) is 20.2 Å². The van der Waals surface area contributed by atoms with Gasteiger partial charge in [0, 0.05) is 6.42 Å².